The Morgan fingerprint density at radius 3 is 2.40 bits per heavy atom. The molecule has 0 fully saturated rings. The SMILES string of the molecule is NC(=O)c1ccc(N)c(Nc2c(Cl)cc(F)cc2Cl)n1. The number of benzene rings is 1. The second-order valence-electron chi connectivity index (χ2n) is 3.87. The van der Waals surface area contributed by atoms with Crippen LogP contribution in [0.3, 0.4) is 0 Å². The molecule has 5 N–H and O–H groups in total. The monoisotopic (exact) mass is 314 g/mol. The summed E-state index contributed by atoms with van der Waals surface area (Å²) >= 11 is 11.8. The highest BCUT2D eigenvalue weighted by Gasteiger charge is 2.12. The summed E-state index contributed by atoms with van der Waals surface area (Å²) in [6.07, 6.45) is 0. The minimum Gasteiger partial charge on any atom is -0.396 e. The molecule has 1 amide bonds. The number of nitrogen functional groups attached to an aromatic ring is 1. The molecule has 2 aromatic rings. The lowest BCUT2D eigenvalue weighted by molar-refractivity contribution is 0.0996. The molecule has 0 bridgehead atoms. The van der Waals surface area contributed by atoms with Crippen molar-refractivity contribution in [3.63, 3.8) is 0 Å². The van der Waals surface area contributed by atoms with Gasteiger partial charge in [0.25, 0.3) is 5.91 Å². The topological polar surface area (TPSA) is 94.0 Å². The zero-order chi connectivity index (χ0) is 14.9. The van der Waals surface area contributed by atoms with Gasteiger partial charge in [-0.05, 0) is 24.3 Å². The summed E-state index contributed by atoms with van der Waals surface area (Å²) in [5.74, 6) is -1.13. The maximum absolute atomic E-state index is 13.1. The van der Waals surface area contributed by atoms with Crippen molar-refractivity contribution in [3.05, 3.63) is 45.8 Å². The van der Waals surface area contributed by atoms with Gasteiger partial charge in [0.15, 0.2) is 5.82 Å². The van der Waals surface area contributed by atoms with E-state index in [1.165, 1.54) is 12.1 Å². The van der Waals surface area contributed by atoms with Crippen LogP contribution in [0.1, 0.15) is 10.5 Å². The lowest BCUT2D eigenvalue weighted by Crippen LogP contribution is -2.14. The summed E-state index contributed by atoms with van der Waals surface area (Å²) in [5.41, 5.74) is 11.4. The Labute approximate surface area is 123 Å². The van der Waals surface area contributed by atoms with Gasteiger partial charge in [-0.3, -0.25) is 4.79 Å². The van der Waals surface area contributed by atoms with Crippen molar-refractivity contribution in [3.8, 4) is 0 Å². The highest BCUT2D eigenvalue weighted by Crippen LogP contribution is 2.34. The van der Waals surface area contributed by atoms with E-state index in [1.54, 1.807) is 0 Å². The largest absolute Gasteiger partial charge is 0.396 e. The van der Waals surface area contributed by atoms with Crippen LogP contribution in [0.15, 0.2) is 24.3 Å². The fourth-order valence-corrected chi connectivity index (χ4v) is 2.04. The van der Waals surface area contributed by atoms with Crippen LogP contribution in [0.25, 0.3) is 0 Å². The van der Waals surface area contributed by atoms with Gasteiger partial charge in [-0.15, -0.1) is 0 Å². The number of nitrogens with two attached hydrogens (primary N) is 2. The van der Waals surface area contributed by atoms with Gasteiger partial charge in [-0.25, -0.2) is 9.37 Å². The second-order valence-corrected chi connectivity index (χ2v) is 4.68. The lowest BCUT2D eigenvalue weighted by atomic mass is 10.2. The van der Waals surface area contributed by atoms with Crippen LogP contribution in [0.4, 0.5) is 21.6 Å². The van der Waals surface area contributed by atoms with Crippen LogP contribution in [0.2, 0.25) is 10.0 Å². The van der Waals surface area contributed by atoms with E-state index >= 15 is 0 Å². The molecule has 1 aromatic carbocycles. The zero-order valence-electron chi connectivity index (χ0n) is 9.95. The predicted octanol–water partition coefficient (Wildman–Crippen LogP) is 2.95. The van der Waals surface area contributed by atoms with E-state index in [-0.39, 0.29) is 32.9 Å². The minimum absolute atomic E-state index is 0.0241. The molecular formula is C12H9Cl2FN4O. The van der Waals surface area contributed by atoms with Gasteiger partial charge in [0.05, 0.1) is 21.4 Å². The zero-order valence-corrected chi connectivity index (χ0v) is 11.5. The maximum Gasteiger partial charge on any atom is 0.267 e. The van der Waals surface area contributed by atoms with Crippen molar-refractivity contribution in [2.45, 2.75) is 0 Å². The fraction of sp³-hybridized carbons (Fsp3) is 0. The Balaban J connectivity index is 2.45. The van der Waals surface area contributed by atoms with Gasteiger partial charge < -0.3 is 16.8 Å². The van der Waals surface area contributed by atoms with E-state index < -0.39 is 11.7 Å². The van der Waals surface area contributed by atoms with Crippen LogP contribution in [0, 0.1) is 5.82 Å². The minimum atomic E-state index is -0.704. The summed E-state index contributed by atoms with van der Waals surface area (Å²) in [7, 11) is 0. The van der Waals surface area contributed by atoms with Gasteiger partial charge in [-0.2, -0.15) is 0 Å². The molecule has 0 saturated heterocycles. The van der Waals surface area contributed by atoms with Crippen molar-refractivity contribution in [2.75, 3.05) is 11.1 Å². The molecule has 0 spiro atoms. The van der Waals surface area contributed by atoms with Crippen LogP contribution in [-0.4, -0.2) is 10.9 Å². The fourth-order valence-electron chi connectivity index (χ4n) is 1.49. The average Bonchev–Trinajstić information content (AvgIpc) is 2.35. The van der Waals surface area contributed by atoms with Gasteiger partial charge in [0.1, 0.15) is 11.5 Å². The molecule has 1 heterocycles. The Kier molecular flexibility index (Phi) is 3.96. The standard InChI is InChI=1S/C12H9Cl2FN4O/c13-6-3-5(15)4-7(14)10(6)19-12-8(16)1-2-9(18-12)11(17)20/h1-4H,16H2,(H2,17,20)(H,18,19). The number of amides is 1. The first-order chi connectivity index (χ1) is 9.38. The van der Waals surface area contributed by atoms with Crippen molar-refractivity contribution >= 4 is 46.3 Å². The van der Waals surface area contributed by atoms with Crippen molar-refractivity contribution < 1.29 is 9.18 Å². The van der Waals surface area contributed by atoms with Crippen molar-refractivity contribution in [1.29, 1.82) is 0 Å². The van der Waals surface area contributed by atoms with Gasteiger partial charge in [-0.1, -0.05) is 23.2 Å². The number of nitrogens with zero attached hydrogens (tertiary/aromatic N) is 1. The number of halogens is 3. The summed E-state index contributed by atoms with van der Waals surface area (Å²) in [6, 6.07) is 5.02. The molecule has 0 radical (unpaired) electrons. The van der Waals surface area contributed by atoms with Crippen LogP contribution < -0.4 is 16.8 Å². The van der Waals surface area contributed by atoms with Crippen LogP contribution >= 0.6 is 23.2 Å². The Morgan fingerprint density at radius 1 is 1.25 bits per heavy atom. The highest BCUT2D eigenvalue weighted by atomic mass is 35.5. The van der Waals surface area contributed by atoms with E-state index in [4.69, 9.17) is 34.7 Å². The Morgan fingerprint density at radius 2 is 1.85 bits per heavy atom. The van der Waals surface area contributed by atoms with Crippen molar-refractivity contribution in [2.24, 2.45) is 5.73 Å². The maximum atomic E-state index is 13.1. The Hall–Kier alpha value is -2.05. The van der Waals surface area contributed by atoms with E-state index in [0.717, 1.165) is 12.1 Å². The number of rotatable bonds is 3. The summed E-state index contributed by atoms with van der Waals surface area (Å²) in [5, 5.41) is 2.87. The van der Waals surface area contributed by atoms with E-state index in [2.05, 4.69) is 10.3 Å². The van der Waals surface area contributed by atoms with Crippen LogP contribution in [0.5, 0.6) is 0 Å². The van der Waals surface area contributed by atoms with Crippen molar-refractivity contribution in [1.82, 2.24) is 4.98 Å². The third-order valence-electron chi connectivity index (χ3n) is 2.43. The van der Waals surface area contributed by atoms with Gasteiger partial charge in [0.2, 0.25) is 0 Å². The first kappa shape index (κ1) is 14.4. The molecule has 0 saturated carbocycles. The third-order valence-corrected chi connectivity index (χ3v) is 3.03. The Bertz CT molecular complexity index is 670. The molecule has 0 aliphatic carbocycles. The predicted molar refractivity (Wildman–Crippen MR) is 76.9 cm³/mol. The van der Waals surface area contributed by atoms with Gasteiger partial charge in [0, 0.05) is 0 Å². The third kappa shape index (κ3) is 2.92. The van der Waals surface area contributed by atoms with E-state index in [9.17, 15) is 9.18 Å². The number of hydrogen-bond acceptors (Lipinski definition) is 4. The molecule has 104 valence electrons. The number of carbonyl (C=O) groups excluding carboxylic acids is 1. The number of nitrogens with one attached hydrogen (secondary N) is 1. The molecule has 0 aliphatic heterocycles. The van der Waals surface area contributed by atoms with Gasteiger partial charge >= 0.3 is 0 Å². The number of aromatic nitrogens is 1. The molecule has 20 heavy (non-hydrogen) atoms. The summed E-state index contributed by atoms with van der Waals surface area (Å²) < 4.78 is 13.1. The quantitative estimate of drug-likeness (QED) is 0.811. The summed E-state index contributed by atoms with van der Waals surface area (Å²) in [4.78, 5) is 15.0. The molecule has 0 unspecified atom stereocenters. The second kappa shape index (κ2) is 5.52. The lowest BCUT2D eigenvalue weighted by Gasteiger charge is -2.12. The average molecular weight is 315 g/mol. The molecule has 5 nitrogen and oxygen atoms in total. The van der Waals surface area contributed by atoms with E-state index in [1.807, 2.05) is 0 Å². The van der Waals surface area contributed by atoms with Crippen LogP contribution in [-0.2, 0) is 0 Å². The molecular weight excluding hydrogens is 306 g/mol. The number of pyridine rings is 1. The molecule has 0 atom stereocenters. The first-order valence-corrected chi connectivity index (χ1v) is 6.12. The van der Waals surface area contributed by atoms with E-state index in [0.29, 0.717) is 0 Å². The number of carbonyl (C=O) groups is 1. The molecule has 1 aromatic heterocycles. The number of primary amides is 1. The molecule has 2 rings (SSSR count). The highest BCUT2D eigenvalue weighted by molar-refractivity contribution is 6.39. The molecule has 0 aliphatic rings. The number of anilines is 3. The smallest absolute Gasteiger partial charge is 0.267 e. The normalized spacial score (nSPS) is 10.3. The first-order valence-electron chi connectivity index (χ1n) is 5.36. The molecule has 8 heteroatoms. The number of hydrogen-bond donors (Lipinski definition) is 3. The summed E-state index contributed by atoms with van der Waals surface area (Å²) in [6.45, 7) is 0.